The van der Waals surface area contributed by atoms with Crippen molar-refractivity contribution in [1.29, 1.82) is 0 Å². The van der Waals surface area contributed by atoms with Crippen molar-refractivity contribution < 1.29 is 19.2 Å². The summed E-state index contributed by atoms with van der Waals surface area (Å²) in [5.41, 5.74) is 3.02. The van der Waals surface area contributed by atoms with E-state index < -0.39 is 5.25 Å². The number of hydrogen-bond donors (Lipinski definition) is 2. The molecule has 0 heterocycles. The summed E-state index contributed by atoms with van der Waals surface area (Å²) >= 11 is 1.32. The first-order chi connectivity index (χ1) is 18.9. The first-order valence-electron chi connectivity index (χ1n) is 12.3. The van der Waals surface area contributed by atoms with Crippen LogP contribution in [0, 0.1) is 0 Å². The summed E-state index contributed by atoms with van der Waals surface area (Å²) in [6.45, 7) is 1.76. The van der Waals surface area contributed by atoms with E-state index >= 15 is 0 Å². The van der Waals surface area contributed by atoms with Gasteiger partial charge in [0.15, 0.2) is 11.6 Å². The number of thioether (sulfide) groups is 1. The summed E-state index contributed by atoms with van der Waals surface area (Å²) in [6.07, 6.45) is 3.20. The molecule has 5 rings (SSSR count). The predicted octanol–water partition coefficient (Wildman–Crippen LogP) is 6.23. The summed E-state index contributed by atoms with van der Waals surface area (Å²) < 4.78 is 0. The van der Waals surface area contributed by atoms with E-state index in [1.807, 2.05) is 36.4 Å². The van der Waals surface area contributed by atoms with Gasteiger partial charge < -0.3 is 10.6 Å². The molecule has 39 heavy (non-hydrogen) atoms. The standard InChI is InChI=1S/C32H24N2O4S/c1-20(39-23-12-7-11-22(19-23)33-28(35)18-17-21-9-3-2-4-10-21)32(38)34-27-16-8-15-26-29(27)31(37)25-14-6-5-13-24(25)30(26)36/h2-20H,1H3,(H,33,35)(H,34,38)/b18-17+. The Bertz CT molecular complexity index is 1630. The van der Waals surface area contributed by atoms with Crippen LogP contribution in [0.2, 0.25) is 0 Å². The number of amides is 2. The molecule has 0 saturated heterocycles. The van der Waals surface area contributed by atoms with Gasteiger partial charge in [-0.15, -0.1) is 11.8 Å². The fraction of sp³-hybridized carbons (Fsp3) is 0.0625. The quantitative estimate of drug-likeness (QED) is 0.191. The highest BCUT2D eigenvalue weighted by atomic mass is 32.2. The van der Waals surface area contributed by atoms with Crippen molar-refractivity contribution >= 4 is 52.6 Å². The molecule has 192 valence electrons. The topological polar surface area (TPSA) is 92.3 Å². The first-order valence-corrected chi connectivity index (χ1v) is 13.2. The summed E-state index contributed by atoms with van der Waals surface area (Å²) in [6, 6.07) is 28.4. The van der Waals surface area contributed by atoms with Gasteiger partial charge in [0.1, 0.15) is 0 Å². The van der Waals surface area contributed by atoms with Crippen molar-refractivity contribution in [2.24, 2.45) is 0 Å². The number of fused-ring (bicyclic) bond motifs is 2. The van der Waals surface area contributed by atoms with E-state index in [4.69, 9.17) is 0 Å². The molecule has 0 aliphatic heterocycles. The van der Waals surface area contributed by atoms with Gasteiger partial charge in [-0.2, -0.15) is 0 Å². The molecule has 0 aromatic heterocycles. The molecule has 4 aromatic rings. The highest BCUT2D eigenvalue weighted by Crippen LogP contribution is 2.33. The minimum atomic E-state index is -0.522. The average molecular weight is 533 g/mol. The number of rotatable bonds is 7. The zero-order chi connectivity index (χ0) is 27.4. The fourth-order valence-corrected chi connectivity index (χ4v) is 5.23. The van der Waals surface area contributed by atoms with Crippen LogP contribution in [-0.2, 0) is 9.59 Å². The lowest BCUT2D eigenvalue weighted by atomic mass is 9.83. The van der Waals surface area contributed by atoms with Crippen molar-refractivity contribution in [3.05, 3.63) is 131 Å². The number of hydrogen-bond acceptors (Lipinski definition) is 5. The number of nitrogens with one attached hydrogen (secondary N) is 2. The van der Waals surface area contributed by atoms with Gasteiger partial charge in [-0.25, -0.2) is 0 Å². The second-order valence-electron chi connectivity index (χ2n) is 8.94. The highest BCUT2D eigenvalue weighted by molar-refractivity contribution is 8.00. The molecule has 0 radical (unpaired) electrons. The van der Waals surface area contributed by atoms with E-state index in [1.54, 1.807) is 73.7 Å². The van der Waals surface area contributed by atoms with Crippen LogP contribution in [0.15, 0.2) is 108 Å². The second kappa shape index (κ2) is 11.3. The molecule has 1 unspecified atom stereocenters. The van der Waals surface area contributed by atoms with Gasteiger partial charge in [0.25, 0.3) is 0 Å². The Hall–Kier alpha value is -4.75. The maximum absolute atomic E-state index is 13.2. The molecule has 2 amide bonds. The normalized spacial score (nSPS) is 12.9. The lowest BCUT2D eigenvalue weighted by Crippen LogP contribution is -2.27. The minimum Gasteiger partial charge on any atom is -0.324 e. The van der Waals surface area contributed by atoms with Gasteiger partial charge in [-0.3, -0.25) is 19.2 Å². The Kier molecular flexibility index (Phi) is 7.52. The highest BCUT2D eigenvalue weighted by Gasteiger charge is 2.32. The second-order valence-corrected chi connectivity index (χ2v) is 10.4. The lowest BCUT2D eigenvalue weighted by molar-refractivity contribution is -0.115. The molecule has 7 heteroatoms. The van der Waals surface area contributed by atoms with Crippen LogP contribution in [0.1, 0.15) is 44.3 Å². The smallest absolute Gasteiger partial charge is 0.248 e. The number of carbonyl (C=O) groups excluding carboxylic acids is 4. The third kappa shape index (κ3) is 5.73. The van der Waals surface area contributed by atoms with Gasteiger partial charge in [0, 0.05) is 33.3 Å². The van der Waals surface area contributed by atoms with E-state index in [9.17, 15) is 19.2 Å². The first kappa shape index (κ1) is 25.9. The molecule has 1 atom stereocenters. The third-order valence-corrected chi connectivity index (χ3v) is 7.31. The van der Waals surface area contributed by atoms with E-state index in [-0.39, 0.29) is 34.5 Å². The van der Waals surface area contributed by atoms with Crippen molar-refractivity contribution in [1.82, 2.24) is 0 Å². The van der Waals surface area contributed by atoms with Gasteiger partial charge in [0.05, 0.1) is 16.5 Å². The van der Waals surface area contributed by atoms with Gasteiger partial charge >= 0.3 is 0 Å². The molecule has 1 aliphatic rings. The summed E-state index contributed by atoms with van der Waals surface area (Å²) in [5, 5.41) is 5.15. The Morgan fingerprint density at radius 2 is 1.41 bits per heavy atom. The Balaban J connectivity index is 1.26. The zero-order valence-electron chi connectivity index (χ0n) is 21.0. The van der Waals surface area contributed by atoms with Gasteiger partial charge in [0.2, 0.25) is 11.8 Å². The van der Waals surface area contributed by atoms with Crippen molar-refractivity contribution in [3.63, 3.8) is 0 Å². The van der Waals surface area contributed by atoms with E-state index in [0.717, 1.165) is 10.5 Å². The lowest BCUT2D eigenvalue weighted by Gasteiger charge is -2.21. The van der Waals surface area contributed by atoms with E-state index in [2.05, 4.69) is 10.6 Å². The third-order valence-electron chi connectivity index (χ3n) is 6.22. The van der Waals surface area contributed by atoms with Crippen LogP contribution in [0.25, 0.3) is 6.08 Å². The van der Waals surface area contributed by atoms with E-state index in [1.165, 1.54) is 17.8 Å². The molecule has 0 spiro atoms. The van der Waals surface area contributed by atoms with Crippen LogP contribution < -0.4 is 10.6 Å². The maximum atomic E-state index is 13.2. The summed E-state index contributed by atoms with van der Waals surface area (Å²) in [4.78, 5) is 52.5. The Morgan fingerprint density at radius 1 is 0.744 bits per heavy atom. The maximum Gasteiger partial charge on any atom is 0.248 e. The van der Waals surface area contributed by atoms with Crippen molar-refractivity contribution in [2.75, 3.05) is 10.6 Å². The van der Waals surface area contributed by atoms with Gasteiger partial charge in [-0.1, -0.05) is 72.8 Å². The van der Waals surface area contributed by atoms with Crippen LogP contribution in [0.3, 0.4) is 0 Å². The zero-order valence-corrected chi connectivity index (χ0v) is 21.8. The Morgan fingerprint density at radius 3 is 2.18 bits per heavy atom. The van der Waals surface area contributed by atoms with Crippen LogP contribution in [0.4, 0.5) is 11.4 Å². The molecule has 0 bridgehead atoms. The molecule has 0 fully saturated rings. The molecule has 2 N–H and O–H groups in total. The SMILES string of the molecule is CC(Sc1cccc(NC(=O)/C=C/c2ccccc2)c1)C(=O)Nc1cccc2c1C(=O)c1ccccc1C2=O. The summed E-state index contributed by atoms with van der Waals surface area (Å²) in [5.74, 6) is -1.11. The van der Waals surface area contributed by atoms with Crippen molar-refractivity contribution in [2.45, 2.75) is 17.1 Å². The molecule has 6 nitrogen and oxygen atoms in total. The van der Waals surface area contributed by atoms with Crippen molar-refractivity contribution in [3.8, 4) is 0 Å². The van der Waals surface area contributed by atoms with Crippen LogP contribution in [0.5, 0.6) is 0 Å². The van der Waals surface area contributed by atoms with E-state index in [0.29, 0.717) is 22.5 Å². The molecule has 1 aliphatic carbocycles. The predicted molar refractivity (Wildman–Crippen MR) is 154 cm³/mol. The van der Waals surface area contributed by atoms with Gasteiger partial charge in [-0.05, 0) is 42.8 Å². The molecular weight excluding hydrogens is 508 g/mol. The minimum absolute atomic E-state index is 0.208. The number of benzene rings is 4. The van der Waals surface area contributed by atoms with Crippen LogP contribution >= 0.6 is 11.8 Å². The average Bonchev–Trinajstić information content (AvgIpc) is 2.95. The van der Waals surface area contributed by atoms with Crippen LogP contribution in [-0.4, -0.2) is 28.6 Å². The largest absolute Gasteiger partial charge is 0.324 e. The molecular formula is C32H24N2O4S. The molecule has 4 aromatic carbocycles. The number of carbonyl (C=O) groups is 4. The Labute approximate surface area is 230 Å². The molecule has 0 saturated carbocycles. The summed E-state index contributed by atoms with van der Waals surface area (Å²) in [7, 11) is 0. The monoisotopic (exact) mass is 532 g/mol. The number of anilines is 2. The number of ketones is 2. The fourth-order valence-electron chi connectivity index (χ4n) is 4.31.